The number of alkyl halides is 3. The molecule has 2 heterocycles. The topological polar surface area (TPSA) is 62.3 Å². The third-order valence-electron chi connectivity index (χ3n) is 5.76. The van der Waals surface area contributed by atoms with Crippen molar-refractivity contribution >= 4 is 27.2 Å². The first-order valence-electron chi connectivity index (χ1n) is 10.5. The van der Waals surface area contributed by atoms with E-state index in [0.29, 0.717) is 0 Å². The number of pyridine rings is 1. The molecule has 10 heteroatoms. The fourth-order valence-electron chi connectivity index (χ4n) is 3.80. The van der Waals surface area contributed by atoms with Crippen molar-refractivity contribution < 1.29 is 26.0 Å². The number of fused-ring (bicyclic) bond motifs is 2. The summed E-state index contributed by atoms with van der Waals surface area (Å²) in [5, 5.41) is 2.78. The molecule has 0 aliphatic carbocycles. The largest absolute Gasteiger partial charge is 0.433 e. The fourth-order valence-corrected chi connectivity index (χ4v) is 5.32. The second-order valence-corrected chi connectivity index (χ2v) is 11.0. The first-order chi connectivity index (χ1) is 15.7. The molecule has 0 fully saturated rings. The van der Waals surface area contributed by atoms with Crippen LogP contribution in [0.25, 0.3) is 0 Å². The Balaban J connectivity index is 1.89. The molecular formula is C24H23F4N3O2S. The number of nitrogens with one attached hydrogen (secondary N) is 1. The van der Waals surface area contributed by atoms with Gasteiger partial charge in [-0.05, 0) is 48.2 Å². The Labute approximate surface area is 195 Å². The van der Waals surface area contributed by atoms with Gasteiger partial charge in [0.05, 0.1) is 22.8 Å². The van der Waals surface area contributed by atoms with Crippen molar-refractivity contribution in [3.63, 3.8) is 0 Å². The Morgan fingerprint density at radius 3 is 2.21 bits per heavy atom. The predicted octanol–water partition coefficient (Wildman–Crippen LogP) is 6.30. The van der Waals surface area contributed by atoms with Gasteiger partial charge in [-0.3, -0.25) is 4.31 Å². The van der Waals surface area contributed by atoms with E-state index < -0.39 is 27.7 Å². The highest BCUT2D eigenvalue weighted by Crippen LogP contribution is 2.42. The lowest BCUT2D eigenvalue weighted by molar-refractivity contribution is -0.141. The van der Waals surface area contributed by atoms with Crippen LogP contribution in [0.2, 0.25) is 0 Å². The SMILES string of the molecule is Cc1c(F)ccc2c1N(S(=O)(=O)c1ccc(C(C)(C)C)cc1)Cc1ccc(C(F)(F)F)nc1N2. The number of halogens is 4. The Morgan fingerprint density at radius 2 is 1.62 bits per heavy atom. The second-order valence-electron chi connectivity index (χ2n) is 9.18. The number of benzene rings is 2. The summed E-state index contributed by atoms with van der Waals surface area (Å²) >= 11 is 0. The standard InChI is InChI=1S/C24H23F4N3O2S/c1-14-18(25)10-11-19-21(14)31(13-15-5-12-20(24(26,27)28)30-22(15)29-19)34(32,33)17-8-6-16(7-9-17)23(2,3)4/h5-12H,13H2,1-4H3,(H,29,30). The zero-order valence-corrected chi connectivity index (χ0v) is 19.8. The highest BCUT2D eigenvalue weighted by Gasteiger charge is 2.36. The average molecular weight is 494 g/mol. The van der Waals surface area contributed by atoms with Crippen LogP contribution in [-0.2, 0) is 28.2 Å². The van der Waals surface area contributed by atoms with Gasteiger partial charge in [0.2, 0.25) is 0 Å². The van der Waals surface area contributed by atoms with E-state index >= 15 is 0 Å². The van der Waals surface area contributed by atoms with E-state index in [0.717, 1.165) is 22.0 Å². The highest BCUT2D eigenvalue weighted by molar-refractivity contribution is 7.92. The predicted molar refractivity (Wildman–Crippen MR) is 122 cm³/mol. The van der Waals surface area contributed by atoms with Crippen LogP contribution in [0.1, 0.15) is 43.2 Å². The van der Waals surface area contributed by atoms with Crippen molar-refractivity contribution in [3.05, 3.63) is 76.7 Å². The maximum absolute atomic E-state index is 14.5. The van der Waals surface area contributed by atoms with E-state index in [2.05, 4.69) is 10.3 Å². The first-order valence-corrected chi connectivity index (χ1v) is 11.9. The minimum Gasteiger partial charge on any atom is -0.338 e. The molecule has 0 spiro atoms. The van der Waals surface area contributed by atoms with Gasteiger partial charge in [0.15, 0.2) is 0 Å². The van der Waals surface area contributed by atoms with Crippen molar-refractivity contribution in [3.8, 4) is 0 Å². The van der Waals surface area contributed by atoms with E-state index in [9.17, 15) is 26.0 Å². The van der Waals surface area contributed by atoms with Gasteiger partial charge >= 0.3 is 6.18 Å². The fraction of sp³-hybridized carbons (Fsp3) is 0.292. The zero-order chi connectivity index (χ0) is 25.1. The molecule has 180 valence electrons. The zero-order valence-electron chi connectivity index (χ0n) is 19.0. The number of aromatic nitrogens is 1. The normalized spacial score (nSPS) is 14.2. The molecule has 1 N–H and O–H groups in total. The van der Waals surface area contributed by atoms with Crippen molar-refractivity contribution in [2.75, 3.05) is 9.62 Å². The molecule has 3 aromatic rings. The summed E-state index contributed by atoms with van der Waals surface area (Å²) in [6.45, 7) is 7.09. The van der Waals surface area contributed by atoms with Crippen LogP contribution >= 0.6 is 0 Å². The summed E-state index contributed by atoms with van der Waals surface area (Å²) in [6.07, 6.45) is -4.68. The molecule has 4 rings (SSSR count). The first kappa shape index (κ1) is 24.0. The number of anilines is 3. The van der Waals surface area contributed by atoms with Crippen LogP contribution in [0, 0.1) is 12.7 Å². The number of sulfonamides is 1. The number of rotatable bonds is 2. The number of nitrogens with zero attached hydrogens (tertiary/aromatic N) is 2. The van der Waals surface area contributed by atoms with Crippen molar-refractivity contribution in [1.29, 1.82) is 0 Å². The third-order valence-corrected chi connectivity index (χ3v) is 7.52. The smallest absolute Gasteiger partial charge is 0.338 e. The van der Waals surface area contributed by atoms with Crippen molar-refractivity contribution in [2.24, 2.45) is 0 Å². The molecule has 5 nitrogen and oxygen atoms in total. The van der Waals surface area contributed by atoms with Crippen molar-refractivity contribution in [2.45, 2.75) is 50.7 Å². The Morgan fingerprint density at radius 1 is 0.971 bits per heavy atom. The van der Waals surface area contributed by atoms with Gasteiger partial charge in [-0.15, -0.1) is 0 Å². The van der Waals surface area contributed by atoms with E-state index in [4.69, 9.17) is 0 Å². The van der Waals surface area contributed by atoms with E-state index in [1.807, 2.05) is 20.8 Å². The van der Waals surface area contributed by atoms with Crippen LogP contribution in [0.15, 0.2) is 53.4 Å². The summed E-state index contributed by atoms with van der Waals surface area (Å²) in [6, 6.07) is 10.8. The molecule has 1 aromatic heterocycles. The molecule has 0 radical (unpaired) electrons. The highest BCUT2D eigenvalue weighted by atomic mass is 32.2. The van der Waals surface area contributed by atoms with Gasteiger partial charge < -0.3 is 5.32 Å². The van der Waals surface area contributed by atoms with Gasteiger partial charge in [-0.1, -0.05) is 39.0 Å². The molecule has 0 bridgehead atoms. The molecule has 0 saturated carbocycles. The molecule has 0 atom stereocenters. The monoisotopic (exact) mass is 493 g/mol. The molecule has 1 aliphatic heterocycles. The van der Waals surface area contributed by atoms with Crippen LogP contribution in [0.5, 0.6) is 0 Å². The third kappa shape index (κ3) is 4.22. The Bertz CT molecular complexity index is 1360. The lowest BCUT2D eigenvalue weighted by atomic mass is 9.87. The van der Waals surface area contributed by atoms with Gasteiger partial charge in [0.25, 0.3) is 10.0 Å². The van der Waals surface area contributed by atoms with Crippen LogP contribution in [0.4, 0.5) is 34.8 Å². The summed E-state index contributed by atoms with van der Waals surface area (Å²) in [5.41, 5.74) is 0.0459. The van der Waals surface area contributed by atoms with Crippen molar-refractivity contribution in [1.82, 2.24) is 4.98 Å². The minimum absolute atomic E-state index is 0.0153. The summed E-state index contributed by atoms with van der Waals surface area (Å²) < 4.78 is 82.7. The van der Waals surface area contributed by atoms with Crippen LogP contribution in [-0.4, -0.2) is 13.4 Å². The Kier molecular flexibility index (Phi) is 5.63. The van der Waals surface area contributed by atoms with Gasteiger partial charge in [-0.2, -0.15) is 13.2 Å². The molecule has 0 amide bonds. The van der Waals surface area contributed by atoms with E-state index in [1.54, 1.807) is 12.1 Å². The average Bonchev–Trinajstić information content (AvgIpc) is 2.92. The summed E-state index contributed by atoms with van der Waals surface area (Å²) in [7, 11) is -4.20. The van der Waals surface area contributed by atoms with Gasteiger partial charge in [-0.25, -0.2) is 17.8 Å². The van der Waals surface area contributed by atoms with Gasteiger partial charge in [0, 0.05) is 11.1 Å². The minimum atomic E-state index is -4.68. The Hall–Kier alpha value is -3.14. The molecule has 2 aromatic carbocycles. The molecule has 34 heavy (non-hydrogen) atoms. The van der Waals surface area contributed by atoms with E-state index in [-0.39, 0.29) is 45.2 Å². The lowest BCUT2D eigenvalue weighted by Crippen LogP contribution is -2.31. The molecule has 1 aliphatic rings. The van der Waals surface area contributed by atoms with Crippen LogP contribution < -0.4 is 9.62 Å². The quantitative estimate of drug-likeness (QED) is 0.426. The molecule has 0 saturated heterocycles. The maximum atomic E-state index is 14.5. The number of hydrogen-bond donors (Lipinski definition) is 1. The summed E-state index contributed by atoms with van der Waals surface area (Å²) in [5.74, 6) is -0.776. The van der Waals surface area contributed by atoms with Crippen LogP contribution in [0.3, 0.4) is 0 Å². The van der Waals surface area contributed by atoms with Gasteiger partial charge in [0.1, 0.15) is 17.3 Å². The summed E-state index contributed by atoms with van der Waals surface area (Å²) in [4.78, 5) is 3.66. The van der Waals surface area contributed by atoms with E-state index in [1.165, 1.54) is 31.2 Å². The number of hydrogen-bond acceptors (Lipinski definition) is 4. The lowest BCUT2D eigenvalue weighted by Gasteiger charge is -2.27. The maximum Gasteiger partial charge on any atom is 0.433 e. The molecule has 0 unspecified atom stereocenters. The molecular weight excluding hydrogens is 470 g/mol. The second kappa shape index (κ2) is 7.97.